The summed E-state index contributed by atoms with van der Waals surface area (Å²) in [6.45, 7) is 7.07. The minimum Gasteiger partial charge on any atom is -0.497 e. The van der Waals surface area contributed by atoms with Gasteiger partial charge in [0, 0.05) is 31.3 Å². The first-order valence-corrected chi connectivity index (χ1v) is 10.2. The van der Waals surface area contributed by atoms with Crippen LogP contribution in [0.3, 0.4) is 0 Å². The molecule has 0 radical (unpaired) electrons. The van der Waals surface area contributed by atoms with Gasteiger partial charge in [0.25, 0.3) is 5.91 Å². The smallest absolute Gasteiger partial charge is 0.255 e. The topological polar surface area (TPSA) is 112 Å². The summed E-state index contributed by atoms with van der Waals surface area (Å²) in [6.07, 6.45) is 1.99. The molecular formula is C23H27N5O4. The van der Waals surface area contributed by atoms with Crippen LogP contribution in [0.25, 0.3) is 0 Å². The second-order valence-electron chi connectivity index (χ2n) is 7.19. The molecule has 1 aromatic heterocycles. The lowest BCUT2D eigenvalue weighted by Crippen LogP contribution is -2.27. The lowest BCUT2D eigenvalue weighted by Gasteiger charge is -2.17. The van der Waals surface area contributed by atoms with Crippen molar-refractivity contribution in [1.29, 1.82) is 0 Å². The van der Waals surface area contributed by atoms with Crippen LogP contribution in [0, 0.1) is 11.8 Å². The number of nitrogens with zero attached hydrogens (tertiary/aromatic N) is 3. The molecule has 3 rings (SSSR count). The number of rotatable bonds is 7. The minimum atomic E-state index is -0.628. The fourth-order valence-electron chi connectivity index (χ4n) is 3.64. The van der Waals surface area contributed by atoms with Crippen LogP contribution < -0.4 is 20.5 Å². The van der Waals surface area contributed by atoms with Crippen molar-refractivity contribution in [3.63, 3.8) is 0 Å². The molecule has 1 saturated heterocycles. The first kappa shape index (κ1) is 22.7. The van der Waals surface area contributed by atoms with E-state index in [1.807, 2.05) is 6.92 Å². The highest BCUT2D eigenvalue weighted by Gasteiger charge is 2.31. The Morgan fingerprint density at radius 3 is 2.53 bits per heavy atom. The van der Waals surface area contributed by atoms with Crippen molar-refractivity contribution in [1.82, 2.24) is 14.7 Å². The quantitative estimate of drug-likeness (QED) is 0.505. The third-order valence-corrected chi connectivity index (χ3v) is 5.17. The number of aromatic nitrogens is 2. The van der Waals surface area contributed by atoms with Gasteiger partial charge in [0.05, 0.1) is 20.3 Å². The summed E-state index contributed by atoms with van der Waals surface area (Å²) in [5, 5.41) is 7.79. The van der Waals surface area contributed by atoms with Crippen LogP contribution in [0.5, 0.6) is 11.5 Å². The summed E-state index contributed by atoms with van der Waals surface area (Å²) in [7, 11) is 3.12. The highest BCUT2D eigenvalue weighted by molar-refractivity contribution is 6.00. The van der Waals surface area contributed by atoms with Gasteiger partial charge in [0.15, 0.2) is 5.69 Å². The largest absolute Gasteiger partial charge is 0.497 e. The van der Waals surface area contributed by atoms with E-state index >= 15 is 0 Å². The summed E-state index contributed by atoms with van der Waals surface area (Å²) in [5.74, 6) is 6.93. The Bertz CT molecular complexity index is 1070. The summed E-state index contributed by atoms with van der Waals surface area (Å²) in [6, 6.07) is 5.15. The lowest BCUT2D eigenvalue weighted by molar-refractivity contribution is -0.125. The zero-order valence-electron chi connectivity index (χ0n) is 18.5. The molecule has 3 N–H and O–H groups in total. The van der Waals surface area contributed by atoms with Gasteiger partial charge in [-0.25, -0.2) is 4.68 Å². The Balaban J connectivity index is 2.04. The van der Waals surface area contributed by atoms with Crippen molar-refractivity contribution in [2.75, 3.05) is 39.2 Å². The third kappa shape index (κ3) is 4.70. The summed E-state index contributed by atoms with van der Waals surface area (Å²) in [5.41, 5.74) is 6.83. The zero-order valence-corrected chi connectivity index (χ0v) is 18.5. The summed E-state index contributed by atoms with van der Waals surface area (Å²) < 4.78 is 12.3. The number of primary amides is 1. The van der Waals surface area contributed by atoms with E-state index in [2.05, 4.69) is 28.8 Å². The number of anilines is 1. The number of nitrogens with one attached hydrogen (secondary N) is 1. The SMILES string of the molecule is C=CC(=O)N1CC[C@H](n2nc(C#Cc3cc(OC)cc(OC)c3)c(C(N)=O)c2NCC)C1. The van der Waals surface area contributed by atoms with Gasteiger partial charge < -0.3 is 25.4 Å². The maximum Gasteiger partial charge on any atom is 0.255 e. The molecule has 1 fully saturated rings. The van der Waals surface area contributed by atoms with Crippen LogP contribution in [0.1, 0.15) is 41.0 Å². The Hall–Kier alpha value is -3.93. The molecule has 168 valence electrons. The molecule has 2 aromatic rings. The second-order valence-corrected chi connectivity index (χ2v) is 7.19. The van der Waals surface area contributed by atoms with E-state index in [-0.39, 0.29) is 23.2 Å². The van der Waals surface area contributed by atoms with Crippen LogP contribution in [0.15, 0.2) is 30.9 Å². The Labute approximate surface area is 187 Å². The van der Waals surface area contributed by atoms with Crippen LogP contribution in [0.4, 0.5) is 5.82 Å². The molecule has 2 amide bonds. The van der Waals surface area contributed by atoms with E-state index in [0.29, 0.717) is 48.9 Å². The molecule has 32 heavy (non-hydrogen) atoms. The molecule has 1 atom stereocenters. The molecule has 1 aromatic carbocycles. The van der Waals surface area contributed by atoms with Crippen LogP contribution in [0.2, 0.25) is 0 Å². The number of carbonyl (C=O) groups is 2. The van der Waals surface area contributed by atoms with Gasteiger partial charge in [-0.1, -0.05) is 12.5 Å². The Kier molecular flexibility index (Phi) is 7.05. The maximum absolute atomic E-state index is 12.3. The van der Waals surface area contributed by atoms with Crippen molar-refractivity contribution in [2.24, 2.45) is 5.73 Å². The van der Waals surface area contributed by atoms with Gasteiger partial charge in [-0.3, -0.25) is 9.59 Å². The molecule has 9 heteroatoms. The minimum absolute atomic E-state index is 0.112. The molecule has 1 aliphatic heterocycles. The highest BCUT2D eigenvalue weighted by Crippen LogP contribution is 2.29. The van der Waals surface area contributed by atoms with Crippen molar-refractivity contribution in [2.45, 2.75) is 19.4 Å². The van der Waals surface area contributed by atoms with Gasteiger partial charge in [0.2, 0.25) is 5.91 Å². The number of ether oxygens (including phenoxy) is 2. The third-order valence-electron chi connectivity index (χ3n) is 5.17. The van der Waals surface area contributed by atoms with Gasteiger partial charge in [-0.05, 0) is 37.5 Å². The van der Waals surface area contributed by atoms with Gasteiger partial charge in [0.1, 0.15) is 22.9 Å². The Morgan fingerprint density at radius 1 is 1.28 bits per heavy atom. The van der Waals surface area contributed by atoms with Crippen molar-refractivity contribution in [3.8, 4) is 23.3 Å². The summed E-state index contributed by atoms with van der Waals surface area (Å²) >= 11 is 0. The normalized spacial score (nSPS) is 15.0. The molecule has 0 saturated carbocycles. The van der Waals surface area contributed by atoms with Crippen molar-refractivity contribution >= 4 is 17.6 Å². The molecule has 0 unspecified atom stereocenters. The highest BCUT2D eigenvalue weighted by atomic mass is 16.5. The summed E-state index contributed by atoms with van der Waals surface area (Å²) in [4.78, 5) is 26.0. The first-order chi connectivity index (χ1) is 15.4. The van der Waals surface area contributed by atoms with Crippen LogP contribution >= 0.6 is 0 Å². The monoisotopic (exact) mass is 437 g/mol. The molecular weight excluding hydrogens is 410 g/mol. The van der Waals surface area contributed by atoms with E-state index in [0.717, 1.165) is 0 Å². The van der Waals surface area contributed by atoms with Crippen molar-refractivity contribution < 1.29 is 19.1 Å². The molecule has 0 spiro atoms. The zero-order chi connectivity index (χ0) is 23.3. The number of methoxy groups -OCH3 is 2. The number of hydrogen-bond acceptors (Lipinski definition) is 6. The fourth-order valence-corrected chi connectivity index (χ4v) is 3.64. The van der Waals surface area contributed by atoms with E-state index in [4.69, 9.17) is 15.2 Å². The fraction of sp³-hybridized carbons (Fsp3) is 0.348. The molecule has 9 nitrogen and oxygen atoms in total. The van der Waals surface area contributed by atoms with E-state index < -0.39 is 5.91 Å². The van der Waals surface area contributed by atoms with E-state index in [1.165, 1.54) is 6.08 Å². The average molecular weight is 438 g/mol. The standard InChI is InChI=1S/C23H27N5O4/c1-5-20(29)27-10-9-16(14-27)28-23(25-6-2)21(22(24)30)19(26-28)8-7-15-11-17(31-3)13-18(12-15)32-4/h5,11-13,16,25H,1,6,9-10,14H2,2-4H3,(H2,24,30)/t16-/m0/s1. The van der Waals surface area contributed by atoms with Crippen molar-refractivity contribution in [3.05, 3.63) is 47.7 Å². The number of benzene rings is 1. The number of carbonyl (C=O) groups excluding carboxylic acids is 2. The van der Waals surface area contributed by atoms with Crippen LogP contribution in [-0.2, 0) is 4.79 Å². The van der Waals surface area contributed by atoms with E-state index in [1.54, 1.807) is 42.0 Å². The molecule has 1 aliphatic rings. The van der Waals surface area contributed by atoms with Gasteiger partial charge in [-0.2, -0.15) is 5.10 Å². The van der Waals surface area contributed by atoms with Gasteiger partial charge >= 0.3 is 0 Å². The van der Waals surface area contributed by atoms with E-state index in [9.17, 15) is 9.59 Å². The second kappa shape index (κ2) is 9.92. The average Bonchev–Trinajstić information content (AvgIpc) is 3.42. The number of hydrogen-bond donors (Lipinski definition) is 2. The Morgan fingerprint density at radius 2 is 1.97 bits per heavy atom. The predicted molar refractivity (Wildman–Crippen MR) is 121 cm³/mol. The first-order valence-electron chi connectivity index (χ1n) is 10.2. The predicted octanol–water partition coefficient (Wildman–Crippen LogP) is 1.79. The number of nitrogens with two attached hydrogens (primary N) is 1. The molecule has 0 bridgehead atoms. The molecule has 0 aliphatic carbocycles. The number of likely N-dealkylation sites (tertiary alicyclic amines) is 1. The maximum atomic E-state index is 12.3. The van der Waals surface area contributed by atoms with Crippen LogP contribution in [-0.4, -0.2) is 60.3 Å². The number of amides is 2. The van der Waals surface area contributed by atoms with Gasteiger partial charge in [-0.15, -0.1) is 0 Å². The lowest BCUT2D eigenvalue weighted by atomic mass is 10.1. The molecule has 2 heterocycles.